The van der Waals surface area contributed by atoms with E-state index >= 15 is 0 Å². The average Bonchev–Trinajstić information content (AvgIpc) is 2.94. The molecular weight excluding hydrogens is 285 g/mol. The maximum atomic E-state index is 12.9. The molecule has 0 spiro atoms. The Labute approximate surface area is 126 Å². The van der Waals surface area contributed by atoms with Crippen LogP contribution in [0.4, 0.5) is 10.2 Å². The van der Waals surface area contributed by atoms with Crippen molar-refractivity contribution in [3.05, 3.63) is 53.7 Å². The van der Waals surface area contributed by atoms with Gasteiger partial charge in [-0.2, -0.15) is 14.6 Å². The molecule has 22 heavy (non-hydrogen) atoms. The van der Waals surface area contributed by atoms with Gasteiger partial charge in [0.1, 0.15) is 18.0 Å². The lowest BCUT2D eigenvalue weighted by Crippen LogP contribution is -2.26. The Morgan fingerprint density at radius 1 is 1.32 bits per heavy atom. The normalized spacial score (nSPS) is 12.5. The number of nitrogens with zero attached hydrogens (tertiary/aromatic N) is 5. The highest BCUT2D eigenvalue weighted by Gasteiger charge is 2.15. The number of aromatic nitrogens is 4. The van der Waals surface area contributed by atoms with E-state index in [0.29, 0.717) is 17.9 Å². The maximum Gasteiger partial charge on any atom is 0.254 e. The number of likely N-dealkylation sites (N-methyl/N-ethyl adjacent to an activating group) is 1. The van der Waals surface area contributed by atoms with Crippen LogP contribution in [0, 0.1) is 12.7 Å². The Hall–Kier alpha value is -2.54. The van der Waals surface area contributed by atoms with Gasteiger partial charge in [-0.3, -0.25) is 0 Å². The molecule has 2 aromatic heterocycles. The van der Waals surface area contributed by atoms with E-state index in [1.165, 1.54) is 18.5 Å². The second-order valence-corrected chi connectivity index (χ2v) is 5.18. The van der Waals surface area contributed by atoms with Gasteiger partial charge in [-0.25, -0.2) is 9.37 Å². The number of anilines is 1. The van der Waals surface area contributed by atoms with Crippen molar-refractivity contribution in [2.75, 3.05) is 18.5 Å². The first-order valence-corrected chi connectivity index (χ1v) is 6.86. The summed E-state index contributed by atoms with van der Waals surface area (Å²) in [5.74, 6) is 0.970. The maximum absolute atomic E-state index is 12.9. The van der Waals surface area contributed by atoms with Crippen LogP contribution in [0.2, 0.25) is 0 Å². The van der Waals surface area contributed by atoms with Gasteiger partial charge in [-0.15, -0.1) is 0 Å². The number of halogens is 1. The zero-order chi connectivity index (χ0) is 15.7. The zero-order valence-electron chi connectivity index (χ0n) is 12.3. The lowest BCUT2D eigenvalue weighted by atomic mass is 10.1. The molecule has 1 unspecified atom stereocenters. The highest BCUT2D eigenvalue weighted by molar-refractivity contribution is 5.46. The molecule has 0 amide bonds. The van der Waals surface area contributed by atoms with Crippen LogP contribution in [-0.2, 0) is 0 Å². The quantitative estimate of drug-likeness (QED) is 0.795. The summed E-state index contributed by atoms with van der Waals surface area (Å²) in [4.78, 5) is 10.2. The van der Waals surface area contributed by atoms with Gasteiger partial charge >= 0.3 is 0 Å². The van der Waals surface area contributed by atoms with Gasteiger partial charge < -0.3 is 10.0 Å². The van der Waals surface area contributed by atoms with Gasteiger partial charge in [0.2, 0.25) is 0 Å². The van der Waals surface area contributed by atoms with E-state index in [0.717, 1.165) is 11.5 Å². The number of benzene rings is 1. The highest BCUT2D eigenvalue weighted by atomic mass is 19.1. The largest absolute Gasteiger partial charge is 0.387 e. The number of aliphatic hydroxyl groups excluding tert-OH is 1. The van der Waals surface area contributed by atoms with Crippen LogP contribution >= 0.6 is 0 Å². The smallest absolute Gasteiger partial charge is 0.254 e. The molecule has 0 aliphatic carbocycles. The monoisotopic (exact) mass is 301 g/mol. The molecule has 1 atom stereocenters. The molecule has 1 N–H and O–H groups in total. The van der Waals surface area contributed by atoms with Crippen molar-refractivity contribution < 1.29 is 9.50 Å². The van der Waals surface area contributed by atoms with E-state index in [-0.39, 0.29) is 5.82 Å². The molecule has 6 nitrogen and oxygen atoms in total. The second kappa shape index (κ2) is 5.69. The molecule has 0 radical (unpaired) electrons. The van der Waals surface area contributed by atoms with Crippen LogP contribution < -0.4 is 4.90 Å². The minimum atomic E-state index is -0.738. The summed E-state index contributed by atoms with van der Waals surface area (Å²) in [6, 6.07) is 7.71. The SMILES string of the molecule is Cc1cc(N(C)CC(O)c2ccc(F)cc2)n2ncnc2n1. The third-order valence-electron chi connectivity index (χ3n) is 3.45. The zero-order valence-corrected chi connectivity index (χ0v) is 12.3. The third kappa shape index (κ3) is 2.75. The summed E-state index contributed by atoms with van der Waals surface area (Å²) in [5.41, 5.74) is 1.48. The van der Waals surface area contributed by atoms with Crippen LogP contribution in [-0.4, -0.2) is 38.3 Å². The van der Waals surface area contributed by atoms with E-state index in [1.807, 2.05) is 24.9 Å². The fraction of sp³-hybridized carbons (Fsp3) is 0.267. The first kappa shape index (κ1) is 14.4. The Bertz CT molecular complexity index is 786. The average molecular weight is 301 g/mol. The van der Waals surface area contributed by atoms with Crippen molar-refractivity contribution in [2.45, 2.75) is 13.0 Å². The van der Waals surface area contributed by atoms with Gasteiger partial charge in [-0.1, -0.05) is 12.1 Å². The van der Waals surface area contributed by atoms with Gasteiger partial charge in [0.15, 0.2) is 0 Å². The molecule has 3 rings (SSSR count). The molecule has 1 aromatic carbocycles. The molecule has 0 saturated carbocycles. The number of aryl methyl sites for hydroxylation is 1. The minimum absolute atomic E-state index is 0.321. The van der Waals surface area contributed by atoms with Crippen LogP contribution in [0.5, 0.6) is 0 Å². The molecule has 0 aliphatic heterocycles. The molecule has 0 fully saturated rings. The van der Waals surface area contributed by atoms with E-state index < -0.39 is 6.10 Å². The number of aliphatic hydroxyl groups is 1. The molecule has 3 aromatic rings. The molecule has 2 heterocycles. The standard InChI is InChI=1S/C15H16FN5O/c1-10-7-14(21-15(19-10)17-9-18-21)20(2)8-13(22)11-3-5-12(16)6-4-11/h3-7,9,13,22H,8H2,1-2H3. The molecule has 0 saturated heterocycles. The van der Waals surface area contributed by atoms with Crippen LogP contribution in [0.15, 0.2) is 36.7 Å². The number of fused-ring (bicyclic) bond motifs is 1. The Balaban J connectivity index is 1.85. The van der Waals surface area contributed by atoms with Crippen LogP contribution in [0.25, 0.3) is 5.78 Å². The number of rotatable bonds is 4. The fourth-order valence-electron chi connectivity index (χ4n) is 2.33. The predicted octanol–water partition coefficient (Wildman–Crippen LogP) is 1.74. The van der Waals surface area contributed by atoms with E-state index in [4.69, 9.17) is 0 Å². The summed E-state index contributed by atoms with van der Waals surface area (Å²) in [6.45, 7) is 2.21. The van der Waals surface area contributed by atoms with E-state index in [2.05, 4.69) is 15.1 Å². The highest BCUT2D eigenvalue weighted by Crippen LogP contribution is 2.19. The Morgan fingerprint density at radius 3 is 2.77 bits per heavy atom. The second-order valence-electron chi connectivity index (χ2n) is 5.18. The number of hydrogen-bond donors (Lipinski definition) is 1. The number of hydrogen-bond acceptors (Lipinski definition) is 5. The van der Waals surface area contributed by atoms with Crippen molar-refractivity contribution in [1.29, 1.82) is 0 Å². The summed E-state index contributed by atoms with van der Waals surface area (Å²) in [7, 11) is 1.85. The summed E-state index contributed by atoms with van der Waals surface area (Å²) in [6.07, 6.45) is 0.702. The third-order valence-corrected chi connectivity index (χ3v) is 3.45. The molecule has 7 heteroatoms. The molecule has 114 valence electrons. The van der Waals surface area contributed by atoms with Gasteiger partial charge in [0, 0.05) is 25.4 Å². The van der Waals surface area contributed by atoms with Crippen molar-refractivity contribution in [2.24, 2.45) is 0 Å². The predicted molar refractivity (Wildman–Crippen MR) is 80.1 cm³/mol. The lowest BCUT2D eigenvalue weighted by molar-refractivity contribution is 0.184. The van der Waals surface area contributed by atoms with Crippen molar-refractivity contribution in [3.63, 3.8) is 0 Å². The van der Waals surface area contributed by atoms with Crippen molar-refractivity contribution >= 4 is 11.6 Å². The van der Waals surface area contributed by atoms with Crippen LogP contribution in [0.3, 0.4) is 0 Å². The van der Waals surface area contributed by atoms with Gasteiger partial charge in [0.25, 0.3) is 5.78 Å². The van der Waals surface area contributed by atoms with Gasteiger partial charge in [0.05, 0.1) is 6.10 Å². The molecule has 0 aliphatic rings. The minimum Gasteiger partial charge on any atom is -0.387 e. The summed E-state index contributed by atoms with van der Waals surface area (Å²) in [5, 5.41) is 14.5. The first-order valence-electron chi connectivity index (χ1n) is 6.86. The van der Waals surface area contributed by atoms with Crippen molar-refractivity contribution in [3.8, 4) is 0 Å². The van der Waals surface area contributed by atoms with E-state index in [9.17, 15) is 9.50 Å². The van der Waals surface area contributed by atoms with Crippen molar-refractivity contribution in [1.82, 2.24) is 19.6 Å². The summed E-state index contributed by atoms with van der Waals surface area (Å²) < 4.78 is 14.6. The Morgan fingerprint density at radius 2 is 2.05 bits per heavy atom. The molecule has 0 bridgehead atoms. The summed E-state index contributed by atoms with van der Waals surface area (Å²) >= 11 is 0. The molecular formula is C15H16FN5O. The topological polar surface area (TPSA) is 66.5 Å². The van der Waals surface area contributed by atoms with Gasteiger partial charge in [-0.05, 0) is 24.6 Å². The van der Waals surface area contributed by atoms with Crippen LogP contribution in [0.1, 0.15) is 17.4 Å². The lowest BCUT2D eigenvalue weighted by Gasteiger charge is -2.23. The fourth-order valence-corrected chi connectivity index (χ4v) is 2.33. The first-order chi connectivity index (χ1) is 10.5. The van der Waals surface area contributed by atoms with E-state index in [1.54, 1.807) is 16.6 Å². The Kier molecular flexibility index (Phi) is 3.72.